The minimum atomic E-state index is 0.0894. The van der Waals surface area contributed by atoms with Crippen molar-refractivity contribution in [2.75, 3.05) is 11.4 Å². The maximum Gasteiger partial charge on any atom is 0.159 e. The maximum atomic E-state index is 11.2. The summed E-state index contributed by atoms with van der Waals surface area (Å²) in [6.07, 6.45) is 2.96. The average Bonchev–Trinajstić information content (AvgIpc) is 3.14. The summed E-state index contributed by atoms with van der Waals surface area (Å²) in [6, 6.07) is 10.5. The van der Waals surface area contributed by atoms with Crippen LogP contribution in [0.15, 0.2) is 24.3 Å². The average molecular weight is 228 g/mol. The van der Waals surface area contributed by atoms with Crippen molar-refractivity contribution in [1.29, 1.82) is 5.26 Å². The summed E-state index contributed by atoms with van der Waals surface area (Å²) in [5.41, 5.74) is 1.86. The normalized spacial score (nSPS) is 14.1. The molecule has 1 aromatic carbocycles. The quantitative estimate of drug-likeness (QED) is 0.728. The van der Waals surface area contributed by atoms with Crippen LogP contribution in [-0.4, -0.2) is 18.4 Å². The predicted octanol–water partition coefficient (Wildman–Crippen LogP) is 2.77. The molecule has 1 aliphatic carbocycles. The van der Waals surface area contributed by atoms with Gasteiger partial charge in [-0.1, -0.05) is 0 Å². The lowest BCUT2D eigenvalue weighted by Crippen LogP contribution is -2.26. The van der Waals surface area contributed by atoms with Gasteiger partial charge < -0.3 is 4.90 Å². The Hall–Kier alpha value is -1.82. The van der Waals surface area contributed by atoms with Gasteiger partial charge in [0.05, 0.1) is 12.5 Å². The summed E-state index contributed by atoms with van der Waals surface area (Å²) in [5.74, 6) is 0.0894. The second-order valence-corrected chi connectivity index (χ2v) is 4.44. The van der Waals surface area contributed by atoms with Crippen LogP contribution in [0.5, 0.6) is 0 Å². The second kappa shape index (κ2) is 5.01. The molecule has 0 aliphatic heterocycles. The first-order chi connectivity index (χ1) is 8.22. The molecule has 0 radical (unpaired) electrons. The Labute approximate surface area is 102 Å². The van der Waals surface area contributed by atoms with E-state index in [2.05, 4.69) is 11.0 Å². The number of benzene rings is 1. The van der Waals surface area contributed by atoms with Gasteiger partial charge in [0, 0.05) is 23.8 Å². The smallest absolute Gasteiger partial charge is 0.159 e. The van der Waals surface area contributed by atoms with Gasteiger partial charge in [-0.25, -0.2) is 0 Å². The zero-order valence-corrected chi connectivity index (χ0v) is 10.0. The number of Topliss-reactive ketones (excluding diaryl/α,β-unsaturated/α-hetero) is 1. The first-order valence-electron chi connectivity index (χ1n) is 5.97. The number of hydrogen-bond donors (Lipinski definition) is 0. The fourth-order valence-corrected chi connectivity index (χ4v) is 1.97. The van der Waals surface area contributed by atoms with Gasteiger partial charge in [-0.2, -0.15) is 5.26 Å². The largest absolute Gasteiger partial charge is 0.368 e. The molecule has 1 fully saturated rings. The molecule has 3 nitrogen and oxygen atoms in total. The van der Waals surface area contributed by atoms with E-state index in [9.17, 15) is 4.79 Å². The van der Waals surface area contributed by atoms with Crippen LogP contribution >= 0.6 is 0 Å². The molecule has 0 aromatic heterocycles. The van der Waals surface area contributed by atoms with Crippen molar-refractivity contribution in [2.45, 2.75) is 32.2 Å². The van der Waals surface area contributed by atoms with Gasteiger partial charge in [0.2, 0.25) is 0 Å². The minimum absolute atomic E-state index is 0.0894. The molecule has 17 heavy (non-hydrogen) atoms. The molecule has 0 unspecified atom stereocenters. The fourth-order valence-electron chi connectivity index (χ4n) is 1.97. The number of ketones is 1. The summed E-state index contributed by atoms with van der Waals surface area (Å²) in [5, 5.41) is 8.66. The Balaban J connectivity index is 2.13. The molecule has 1 aliphatic rings. The first kappa shape index (κ1) is 11.7. The number of carbonyl (C=O) groups is 1. The zero-order chi connectivity index (χ0) is 12.3. The van der Waals surface area contributed by atoms with Gasteiger partial charge in [0.15, 0.2) is 5.78 Å². The predicted molar refractivity (Wildman–Crippen MR) is 67.0 cm³/mol. The van der Waals surface area contributed by atoms with E-state index in [1.807, 2.05) is 24.3 Å². The van der Waals surface area contributed by atoms with Gasteiger partial charge in [0.1, 0.15) is 0 Å². The minimum Gasteiger partial charge on any atom is -0.368 e. The van der Waals surface area contributed by atoms with E-state index < -0.39 is 0 Å². The summed E-state index contributed by atoms with van der Waals surface area (Å²) < 4.78 is 0. The van der Waals surface area contributed by atoms with Crippen molar-refractivity contribution in [3.63, 3.8) is 0 Å². The molecule has 1 aromatic rings. The molecule has 0 atom stereocenters. The highest BCUT2D eigenvalue weighted by Crippen LogP contribution is 2.31. The number of hydrogen-bond acceptors (Lipinski definition) is 3. The lowest BCUT2D eigenvalue weighted by atomic mass is 10.1. The Morgan fingerprint density at radius 2 is 2.06 bits per heavy atom. The fraction of sp³-hybridized carbons (Fsp3) is 0.429. The number of rotatable bonds is 5. The van der Waals surface area contributed by atoms with Crippen LogP contribution < -0.4 is 4.90 Å². The molecule has 2 rings (SSSR count). The van der Waals surface area contributed by atoms with E-state index in [1.165, 1.54) is 12.8 Å². The molecule has 0 heterocycles. The molecule has 0 spiro atoms. The molecule has 0 amide bonds. The van der Waals surface area contributed by atoms with Crippen LogP contribution in [0.2, 0.25) is 0 Å². The molecule has 1 saturated carbocycles. The molecule has 0 N–H and O–H groups in total. The summed E-state index contributed by atoms with van der Waals surface area (Å²) in [7, 11) is 0. The third kappa shape index (κ3) is 2.85. The second-order valence-electron chi connectivity index (χ2n) is 4.44. The van der Waals surface area contributed by atoms with Crippen LogP contribution in [-0.2, 0) is 0 Å². The van der Waals surface area contributed by atoms with E-state index in [0.29, 0.717) is 12.5 Å². The third-order valence-corrected chi connectivity index (χ3v) is 3.06. The van der Waals surface area contributed by atoms with Crippen molar-refractivity contribution >= 4 is 11.5 Å². The van der Waals surface area contributed by atoms with Crippen molar-refractivity contribution in [3.8, 4) is 6.07 Å². The van der Waals surface area contributed by atoms with Gasteiger partial charge in [-0.3, -0.25) is 4.79 Å². The molecule has 88 valence electrons. The topological polar surface area (TPSA) is 44.1 Å². The van der Waals surface area contributed by atoms with Crippen molar-refractivity contribution in [1.82, 2.24) is 0 Å². The summed E-state index contributed by atoms with van der Waals surface area (Å²) in [6.45, 7) is 2.35. The lowest BCUT2D eigenvalue weighted by molar-refractivity contribution is 0.101. The van der Waals surface area contributed by atoms with Crippen LogP contribution in [0, 0.1) is 11.3 Å². The highest BCUT2D eigenvalue weighted by Gasteiger charge is 2.28. The Kier molecular flexibility index (Phi) is 3.43. The summed E-state index contributed by atoms with van der Waals surface area (Å²) in [4.78, 5) is 13.5. The number of nitriles is 1. The van der Waals surface area contributed by atoms with E-state index in [1.54, 1.807) is 6.92 Å². The maximum absolute atomic E-state index is 11.2. The van der Waals surface area contributed by atoms with Crippen LogP contribution in [0.25, 0.3) is 0 Å². The van der Waals surface area contributed by atoms with E-state index in [-0.39, 0.29) is 5.78 Å². The number of carbonyl (C=O) groups excluding carboxylic acids is 1. The Morgan fingerprint density at radius 1 is 1.41 bits per heavy atom. The molecular formula is C14H16N2O. The third-order valence-electron chi connectivity index (χ3n) is 3.06. The molecular weight excluding hydrogens is 212 g/mol. The zero-order valence-electron chi connectivity index (χ0n) is 10.0. The van der Waals surface area contributed by atoms with Crippen molar-refractivity contribution in [2.24, 2.45) is 0 Å². The van der Waals surface area contributed by atoms with Crippen molar-refractivity contribution < 1.29 is 4.79 Å². The lowest BCUT2D eigenvalue weighted by Gasteiger charge is -2.23. The standard InChI is InChI=1S/C14H16N2O/c1-11(17)12-3-5-13(6-4-12)16(10-2-9-15)14-7-8-14/h3-6,14H,2,7-8,10H2,1H3. The Bertz CT molecular complexity index is 440. The number of nitrogens with zero attached hydrogens (tertiary/aromatic N) is 2. The van der Waals surface area contributed by atoms with E-state index in [0.717, 1.165) is 17.8 Å². The SMILES string of the molecule is CC(=O)c1ccc(N(CCC#N)C2CC2)cc1. The van der Waals surface area contributed by atoms with Gasteiger partial charge in [-0.05, 0) is 44.0 Å². The summed E-state index contributed by atoms with van der Waals surface area (Å²) >= 11 is 0. The van der Waals surface area contributed by atoms with Gasteiger partial charge in [-0.15, -0.1) is 0 Å². The van der Waals surface area contributed by atoms with Crippen LogP contribution in [0.1, 0.15) is 36.5 Å². The van der Waals surface area contributed by atoms with Crippen LogP contribution in [0.4, 0.5) is 5.69 Å². The van der Waals surface area contributed by atoms with Crippen molar-refractivity contribution in [3.05, 3.63) is 29.8 Å². The van der Waals surface area contributed by atoms with Gasteiger partial charge >= 0.3 is 0 Å². The molecule has 0 bridgehead atoms. The highest BCUT2D eigenvalue weighted by molar-refractivity contribution is 5.94. The van der Waals surface area contributed by atoms with E-state index >= 15 is 0 Å². The first-order valence-corrected chi connectivity index (χ1v) is 5.97. The van der Waals surface area contributed by atoms with E-state index in [4.69, 9.17) is 5.26 Å². The molecule has 0 saturated heterocycles. The van der Waals surface area contributed by atoms with Crippen LogP contribution in [0.3, 0.4) is 0 Å². The molecule has 3 heteroatoms. The van der Waals surface area contributed by atoms with Gasteiger partial charge in [0.25, 0.3) is 0 Å². The monoisotopic (exact) mass is 228 g/mol. The Morgan fingerprint density at radius 3 is 2.53 bits per heavy atom. The highest BCUT2D eigenvalue weighted by atomic mass is 16.1. The number of anilines is 1.